The number of rotatable bonds is 5. The van der Waals surface area contributed by atoms with E-state index in [2.05, 4.69) is 20.2 Å². The minimum absolute atomic E-state index is 0.350. The third-order valence-corrected chi connectivity index (χ3v) is 3.12. The zero-order chi connectivity index (χ0) is 13.0. The highest BCUT2D eigenvalue weighted by Crippen LogP contribution is 2.33. The molecule has 2 rings (SSSR count). The Balaban J connectivity index is 2.27. The molecule has 1 unspecified atom stereocenters. The second kappa shape index (κ2) is 5.86. The van der Waals surface area contributed by atoms with Crippen molar-refractivity contribution >= 4 is 11.6 Å². The molecule has 2 heterocycles. The molecular formula is C12H20N4O2. The Morgan fingerprint density at radius 3 is 3.00 bits per heavy atom. The van der Waals surface area contributed by atoms with Crippen LogP contribution < -0.4 is 15.0 Å². The first-order valence-electron chi connectivity index (χ1n) is 6.21. The fourth-order valence-electron chi connectivity index (χ4n) is 2.10. The van der Waals surface area contributed by atoms with Gasteiger partial charge in [-0.05, 0) is 13.3 Å². The van der Waals surface area contributed by atoms with Crippen LogP contribution in [0.15, 0.2) is 6.33 Å². The molecule has 1 aliphatic heterocycles. The monoisotopic (exact) mass is 252 g/mol. The predicted octanol–water partition coefficient (Wildman–Crippen LogP) is 1.14. The average molecular weight is 252 g/mol. The number of hydrogen-bond acceptors (Lipinski definition) is 6. The first-order valence-corrected chi connectivity index (χ1v) is 6.21. The minimum atomic E-state index is 0.350. The summed E-state index contributed by atoms with van der Waals surface area (Å²) in [5.41, 5.74) is 0. The number of nitrogens with zero attached hydrogens (tertiary/aromatic N) is 3. The summed E-state index contributed by atoms with van der Waals surface area (Å²) in [5, 5.41) is 3.18. The van der Waals surface area contributed by atoms with E-state index >= 15 is 0 Å². The van der Waals surface area contributed by atoms with Crippen LogP contribution in [-0.2, 0) is 4.74 Å². The van der Waals surface area contributed by atoms with Gasteiger partial charge in [0.1, 0.15) is 6.33 Å². The average Bonchev–Trinajstić information content (AvgIpc) is 2.92. The zero-order valence-electron chi connectivity index (χ0n) is 11.1. The number of ether oxygens (including phenoxy) is 2. The van der Waals surface area contributed by atoms with Crippen LogP contribution in [0, 0.1) is 0 Å². The highest BCUT2D eigenvalue weighted by molar-refractivity contribution is 5.64. The summed E-state index contributed by atoms with van der Waals surface area (Å²) in [6.07, 6.45) is 2.57. The van der Waals surface area contributed by atoms with Gasteiger partial charge in [0.25, 0.3) is 0 Å². The molecular weight excluding hydrogens is 232 g/mol. The van der Waals surface area contributed by atoms with Gasteiger partial charge in [-0.3, -0.25) is 0 Å². The van der Waals surface area contributed by atoms with Gasteiger partial charge in [0, 0.05) is 20.2 Å². The van der Waals surface area contributed by atoms with Crippen molar-refractivity contribution in [3.8, 4) is 5.75 Å². The van der Waals surface area contributed by atoms with Crippen LogP contribution in [0.3, 0.4) is 0 Å². The third kappa shape index (κ3) is 2.48. The van der Waals surface area contributed by atoms with E-state index in [0.29, 0.717) is 11.8 Å². The number of hydrogen-bond donors (Lipinski definition) is 1. The van der Waals surface area contributed by atoms with Crippen molar-refractivity contribution in [2.75, 3.05) is 44.1 Å². The third-order valence-electron chi connectivity index (χ3n) is 3.12. The first-order chi connectivity index (χ1) is 8.77. The number of aromatic nitrogens is 2. The van der Waals surface area contributed by atoms with Crippen molar-refractivity contribution in [2.45, 2.75) is 19.4 Å². The second-order valence-corrected chi connectivity index (χ2v) is 4.24. The maximum absolute atomic E-state index is 5.44. The van der Waals surface area contributed by atoms with Gasteiger partial charge >= 0.3 is 0 Å². The first kappa shape index (κ1) is 12.9. The van der Waals surface area contributed by atoms with E-state index in [0.717, 1.165) is 37.8 Å². The molecule has 0 bridgehead atoms. The molecule has 1 aromatic heterocycles. The lowest BCUT2D eigenvalue weighted by Crippen LogP contribution is -2.33. The molecule has 0 saturated carbocycles. The van der Waals surface area contributed by atoms with Gasteiger partial charge in [-0.1, -0.05) is 0 Å². The fourth-order valence-corrected chi connectivity index (χ4v) is 2.10. The number of likely N-dealkylation sites (N-methyl/N-ethyl adjacent to an activating group) is 1. The van der Waals surface area contributed by atoms with Crippen LogP contribution >= 0.6 is 0 Å². The molecule has 0 radical (unpaired) electrons. The Morgan fingerprint density at radius 2 is 2.39 bits per heavy atom. The van der Waals surface area contributed by atoms with E-state index in [1.165, 1.54) is 0 Å². The van der Waals surface area contributed by atoms with Gasteiger partial charge in [-0.25, -0.2) is 9.97 Å². The Hall–Kier alpha value is -1.56. The lowest BCUT2D eigenvalue weighted by Gasteiger charge is -2.26. The van der Waals surface area contributed by atoms with Crippen molar-refractivity contribution in [3.63, 3.8) is 0 Å². The number of nitrogens with one attached hydrogen (secondary N) is 1. The Labute approximate surface area is 107 Å². The van der Waals surface area contributed by atoms with Gasteiger partial charge in [0.2, 0.25) is 5.75 Å². The van der Waals surface area contributed by atoms with Crippen LogP contribution in [0.2, 0.25) is 0 Å². The Morgan fingerprint density at radius 1 is 1.56 bits per heavy atom. The van der Waals surface area contributed by atoms with Gasteiger partial charge in [-0.15, -0.1) is 0 Å². The summed E-state index contributed by atoms with van der Waals surface area (Å²) in [6, 6.07) is 0.350. The summed E-state index contributed by atoms with van der Waals surface area (Å²) >= 11 is 0. The van der Waals surface area contributed by atoms with Crippen LogP contribution in [0.1, 0.15) is 13.3 Å². The van der Waals surface area contributed by atoms with E-state index in [-0.39, 0.29) is 0 Å². The molecule has 1 fully saturated rings. The molecule has 0 aliphatic carbocycles. The van der Waals surface area contributed by atoms with E-state index in [1.54, 1.807) is 13.4 Å². The molecule has 1 aromatic rings. The van der Waals surface area contributed by atoms with Crippen LogP contribution in [0.4, 0.5) is 11.6 Å². The van der Waals surface area contributed by atoms with Crippen molar-refractivity contribution in [2.24, 2.45) is 0 Å². The highest BCUT2D eigenvalue weighted by atomic mass is 16.5. The van der Waals surface area contributed by atoms with Crippen molar-refractivity contribution in [3.05, 3.63) is 6.33 Å². The Bertz CT molecular complexity index is 394. The smallest absolute Gasteiger partial charge is 0.204 e. The number of anilines is 2. The fraction of sp³-hybridized carbons (Fsp3) is 0.667. The van der Waals surface area contributed by atoms with E-state index in [1.807, 2.05) is 14.0 Å². The summed E-state index contributed by atoms with van der Waals surface area (Å²) < 4.78 is 10.8. The molecule has 6 heteroatoms. The van der Waals surface area contributed by atoms with Crippen molar-refractivity contribution < 1.29 is 9.47 Å². The molecule has 0 spiro atoms. The lowest BCUT2D eigenvalue weighted by atomic mass is 10.2. The van der Waals surface area contributed by atoms with E-state index < -0.39 is 0 Å². The van der Waals surface area contributed by atoms with Crippen LogP contribution in [0.5, 0.6) is 5.75 Å². The predicted molar refractivity (Wildman–Crippen MR) is 70.4 cm³/mol. The van der Waals surface area contributed by atoms with Crippen molar-refractivity contribution in [1.82, 2.24) is 9.97 Å². The van der Waals surface area contributed by atoms with Crippen LogP contribution in [0.25, 0.3) is 0 Å². The zero-order valence-corrected chi connectivity index (χ0v) is 11.1. The lowest BCUT2D eigenvalue weighted by molar-refractivity contribution is 0.193. The molecule has 100 valence electrons. The molecule has 1 saturated heterocycles. The minimum Gasteiger partial charge on any atom is -0.490 e. The molecule has 0 amide bonds. The van der Waals surface area contributed by atoms with Gasteiger partial charge in [0.15, 0.2) is 11.6 Å². The van der Waals surface area contributed by atoms with E-state index in [4.69, 9.17) is 9.47 Å². The SMILES string of the molecule is CCNc1ncnc(N(C)C2CCOC2)c1OC. The van der Waals surface area contributed by atoms with Gasteiger partial charge < -0.3 is 19.7 Å². The van der Waals surface area contributed by atoms with Crippen LogP contribution in [-0.4, -0.2) is 49.9 Å². The molecule has 1 N–H and O–H groups in total. The maximum Gasteiger partial charge on any atom is 0.204 e. The summed E-state index contributed by atoms with van der Waals surface area (Å²) in [6.45, 7) is 4.36. The molecule has 1 atom stereocenters. The molecule has 6 nitrogen and oxygen atoms in total. The van der Waals surface area contributed by atoms with Gasteiger partial charge in [-0.2, -0.15) is 0 Å². The van der Waals surface area contributed by atoms with Crippen molar-refractivity contribution in [1.29, 1.82) is 0 Å². The summed E-state index contributed by atoms with van der Waals surface area (Å²) in [7, 11) is 3.65. The molecule has 0 aromatic carbocycles. The summed E-state index contributed by atoms with van der Waals surface area (Å²) in [5.74, 6) is 2.23. The number of methoxy groups -OCH3 is 1. The molecule has 1 aliphatic rings. The van der Waals surface area contributed by atoms with Gasteiger partial charge in [0.05, 0.1) is 19.8 Å². The van der Waals surface area contributed by atoms with E-state index in [9.17, 15) is 0 Å². The quantitative estimate of drug-likeness (QED) is 0.848. The normalized spacial score (nSPS) is 18.7. The maximum atomic E-state index is 5.44. The molecule has 18 heavy (non-hydrogen) atoms. The topological polar surface area (TPSA) is 59.5 Å². The second-order valence-electron chi connectivity index (χ2n) is 4.24. The largest absolute Gasteiger partial charge is 0.490 e. The highest BCUT2D eigenvalue weighted by Gasteiger charge is 2.25. The summed E-state index contributed by atoms with van der Waals surface area (Å²) in [4.78, 5) is 10.6. The Kier molecular flexibility index (Phi) is 4.19. The standard InChI is InChI=1S/C12H20N4O2/c1-4-13-11-10(17-3)12(15-8-14-11)16(2)9-5-6-18-7-9/h8-9H,4-7H2,1-3H3,(H,13,14,15).